The number of hydrogen-bond donors (Lipinski definition) is 0. The summed E-state index contributed by atoms with van der Waals surface area (Å²) in [6.07, 6.45) is 72.9. The third-order valence-electron chi connectivity index (χ3n) is 12.1. The van der Waals surface area contributed by atoms with Crippen LogP contribution < -0.4 is 0 Å². The number of carbonyl (C=O) groups is 3. The van der Waals surface area contributed by atoms with Crippen LogP contribution in [0.5, 0.6) is 0 Å². The standard InChI is InChI=1S/C62H106O6/c1-4-7-10-13-16-19-22-25-28-31-34-37-40-43-46-49-52-55-61(64)67-58-59(57-66-60(63)54-51-48-45-42-39-36-33-30-27-24-21-18-15-12-9-6-3)68-62(65)56-53-50-47-44-41-38-35-32-29-26-23-20-17-14-11-8-5-2/h16-17,19-20,25-26,28-29,34-35,37-38,43,46,59H,4-15,18,21-24,27,30-33,36,39-42,44-45,47-58H2,1-3H3/b19-16-,20-17-,28-25-,29-26-,37-34-,38-35-,46-43-/t59-/m1/s1. The number of hydrogen-bond acceptors (Lipinski definition) is 6. The highest BCUT2D eigenvalue weighted by Crippen LogP contribution is 2.15. The molecule has 0 radical (unpaired) electrons. The van der Waals surface area contributed by atoms with Gasteiger partial charge in [0.15, 0.2) is 6.10 Å². The highest BCUT2D eigenvalue weighted by molar-refractivity contribution is 5.71. The number of unbranched alkanes of at least 4 members (excludes halogenated alkanes) is 26. The zero-order valence-corrected chi connectivity index (χ0v) is 44.6. The number of rotatable bonds is 51. The normalized spacial score (nSPS) is 12.7. The highest BCUT2D eigenvalue weighted by atomic mass is 16.6. The van der Waals surface area contributed by atoms with Gasteiger partial charge in [0.2, 0.25) is 0 Å². The minimum Gasteiger partial charge on any atom is -0.462 e. The summed E-state index contributed by atoms with van der Waals surface area (Å²) < 4.78 is 16.8. The zero-order chi connectivity index (χ0) is 49.3. The van der Waals surface area contributed by atoms with Crippen molar-refractivity contribution in [1.29, 1.82) is 0 Å². The van der Waals surface area contributed by atoms with Crippen LogP contribution in [0.4, 0.5) is 0 Å². The number of ether oxygens (including phenoxy) is 3. The van der Waals surface area contributed by atoms with Gasteiger partial charge in [-0.25, -0.2) is 0 Å². The first kappa shape index (κ1) is 64.6. The zero-order valence-electron chi connectivity index (χ0n) is 44.6. The van der Waals surface area contributed by atoms with Gasteiger partial charge in [-0.05, 0) is 96.3 Å². The minimum atomic E-state index is -0.809. The van der Waals surface area contributed by atoms with Gasteiger partial charge in [0, 0.05) is 19.3 Å². The molecule has 0 saturated carbocycles. The number of carbonyl (C=O) groups excluding carboxylic acids is 3. The summed E-state index contributed by atoms with van der Waals surface area (Å²) >= 11 is 0. The second kappa shape index (κ2) is 56.2. The first-order valence-corrected chi connectivity index (χ1v) is 28.6. The Morgan fingerprint density at radius 1 is 0.294 bits per heavy atom. The molecular weight excluding hydrogens is 841 g/mol. The van der Waals surface area contributed by atoms with Crippen molar-refractivity contribution in [2.75, 3.05) is 13.2 Å². The van der Waals surface area contributed by atoms with Gasteiger partial charge >= 0.3 is 17.9 Å². The molecule has 0 bridgehead atoms. The molecule has 6 heteroatoms. The van der Waals surface area contributed by atoms with Crippen molar-refractivity contribution < 1.29 is 28.6 Å². The summed E-state index contributed by atoms with van der Waals surface area (Å²) in [6.45, 7) is 6.53. The molecular formula is C62H106O6. The van der Waals surface area contributed by atoms with Crippen molar-refractivity contribution in [3.8, 4) is 0 Å². The predicted octanol–water partition coefficient (Wildman–Crippen LogP) is 19.2. The fraction of sp³-hybridized carbons (Fsp3) is 0.726. The second-order valence-electron chi connectivity index (χ2n) is 18.8. The largest absolute Gasteiger partial charge is 0.462 e. The van der Waals surface area contributed by atoms with Crippen LogP contribution in [0.1, 0.15) is 271 Å². The Kier molecular flexibility index (Phi) is 53.4. The first-order chi connectivity index (χ1) is 33.5. The molecule has 0 aliphatic carbocycles. The molecule has 390 valence electrons. The summed E-state index contributed by atoms with van der Waals surface area (Å²) in [5, 5.41) is 0. The van der Waals surface area contributed by atoms with Crippen molar-refractivity contribution in [3.63, 3.8) is 0 Å². The fourth-order valence-corrected chi connectivity index (χ4v) is 7.79. The number of esters is 3. The molecule has 68 heavy (non-hydrogen) atoms. The molecule has 0 N–H and O–H groups in total. The monoisotopic (exact) mass is 947 g/mol. The van der Waals surface area contributed by atoms with Gasteiger partial charge in [0.25, 0.3) is 0 Å². The molecule has 0 aliphatic heterocycles. The summed E-state index contributed by atoms with van der Waals surface area (Å²) in [7, 11) is 0. The molecule has 0 aliphatic rings. The quantitative estimate of drug-likeness (QED) is 0.0262. The van der Waals surface area contributed by atoms with Gasteiger partial charge in [-0.2, -0.15) is 0 Å². The maximum Gasteiger partial charge on any atom is 0.306 e. The Bertz CT molecular complexity index is 1320. The topological polar surface area (TPSA) is 78.9 Å². The molecule has 0 aromatic rings. The van der Waals surface area contributed by atoms with Crippen LogP contribution in [0.15, 0.2) is 85.1 Å². The van der Waals surface area contributed by atoms with Crippen molar-refractivity contribution >= 4 is 17.9 Å². The van der Waals surface area contributed by atoms with Crippen LogP contribution in [-0.2, 0) is 28.6 Å². The number of allylic oxidation sites excluding steroid dienone is 14. The van der Waals surface area contributed by atoms with Crippen LogP contribution in [0, 0.1) is 0 Å². The molecule has 0 saturated heterocycles. The SMILES string of the molecule is CCCCC/C=C\C/C=C\C/C=C\C/C=C\CCCC(=O)OC[C@@H](COC(=O)CCCCCCCCCCCCCCCCCC)OC(=O)CCCCCC/C=C\C/C=C\C/C=C\CCCCC. The molecule has 0 amide bonds. The smallest absolute Gasteiger partial charge is 0.306 e. The van der Waals surface area contributed by atoms with E-state index in [2.05, 4.69) is 106 Å². The summed E-state index contributed by atoms with van der Waals surface area (Å²) in [5.41, 5.74) is 0. The molecule has 1 atom stereocenters. The average Bonchev–Trinajstić information content (AvgIpc) is 3.34. The molecule has 0 aromatic carbocycles. The van der Waals surface area contributed by atoms with Gasteiger partial charge in [-0.3, -0.25) is 14.4 Å². The van der Waals surface area contributed by atoms with Crippen molar-refractivity contribution in [2.24, 2.45) is 0 Å². The molecule has 0 rings (SSSR count). The highest BCUT2D eigenvalue weighted by Gasteiger charge is 2.19. The summed E-state index contributed by atoms with van der Waals surface area (Å²) in [5.74, 6) is -0.975. The minimum absolute atomic E-state index is 0.101. The van der Waals surface area contributed by atoms with Crippen LogP contribution in [0.25, 0.3) is 0 Å². The summed E-state index contributed by atoms with van der Waals surface area (Å²) in [4.78, 5) is 38.1. The lowest BCUT2D eigenvalue weighted by atomic mass is 10.0. The van der Waals surface area contributed by atoms with E-state index in [4.69, 9.17) is 14.2 Å². The molecule has 0 aromatic heterocycles. The van der Waals surface area contributed by atoms with Gasteiger partial charge in [-0.15, -0.1) is 0 Å². The average molecular weight is 948 g/mol. The van der Waals surface area contributed by atoms with Crippen molar-refractivity contribution in [3.05, 3.63) is 85.1 Å². The molecule has 0 fully saturated rings. The first-order valence-electron chi connectivity index (χ1n) is 28.6. The predicted molar refractivity (Wildman–Crippen MR) is 293 cm³/mol. The maximum atomic E-state index is 12.8. The van der Waals surface area contributed by atoms with Gasteiger partial charge in [0.05, 0.1) is 0 Å². The van der Waals surface area contributed by atoms with Crippen LogP contribution >= 0.6 is 0 Å². The Labute approximate surface area is 420 Å². The van der Waals surface area contributed by atoms with E-state index in [9.17, 15) is 14.4 Å². The lowest BCUT2D eigenvalue weighted by Crippen LogP contribution is -2.30. The Morgan fingerprint density at radius 3 is 0.912 bits per heavy atom. The lowest BCUT2D eigenvalue weighted by Gasteiger charge is -2.18. The molecule has 6 nitrogen and oxygen atoms in total. The third kappa shape index (κ3) is 53.5. The van der Waals surface area contributed by atoms with Crippen LogP contribution in [0.2, 0.25) is 0 Å². The van der Waals surface area contributed by atoms with Crippen LogP contribution in [-0.4, -0.2) is 37.2 Å². The van der Waals surface area contributed by atoms with Gasteiger partial charge in [-0.1, -0.05) is 241 Å². The van der Waals surface area contributed by atoms with E-state index in [1.165, 1.54) is 135 Å². The van der Waals surface area contributed by atoms with Gasteiger partial charge in [0.1, 0.15) is 13.2 Å². The second-order valence-corrected chi connectivity index (χ2v) is 18.8. The van der Waals surface area contributed by atoms with E-state index in [0.717, 1.165) is 89.9 Å². The lowest BCUT2D eigenvalue weighted by molar-refractivity contribution is -0.167. The molecule has 0 spiro atoms. The third-order valence-corrected chi connectivity index (χ3v) is 12.1. The summed E-state index contributed by atoms with van der Waals surface area (Å²) in [6, 6.07) is 0. The van der Waals surface area contributed by atoms with Gasteiger partial charge < -0.3 is 14.2 Å². The van der Waals surface area contributed by atoms with Crippen molar-refractivity contribution in [2.45, 2.75) is 277 Å². The molecule has 0 heterocycles. The Hall–Kier alpha value is -3.41. The van der Waals surface area contributed by atoms with E-state index in [1.54, 1.807) is 0 Å². The Morgan fingerprint density at radius 2 is 0.544 bits per heavy atom. The van der Waals surface area contributed by atoms with E-state index < -0.39 is 6.10 Å². The fourth-order valence-electron chi connectivity index (χ4n) is 7.79. The Balaban J connectivity index is 4.50. The van der Waals surface area contributed by atoms with Crippen LogP contribution in [0.3, 0.4) is 0 Å². The van der Waals surface area contributed by atoms with E-state index in [0.29, 0.717) is 19.3 Å². The van der Waals surface area contributed by atoms with Crippen molar-refractivity contribution in [1.82, 2.24) is 0 Å². The van der Waals surface area contributed by atoms with E-state index in [1.807, 2.05) is 0 Å². The van der Waals surface area contributed by atoms with E-state index in [-0.39, 0.29) is 37.5 Å². The van der Waals surface area contributed by atoms with E-state index >= 15 is 0 Å². The maximum absolute atomic E-state index is 12.8. The molecule has 0 unspecified atom stereocenters.